The number of nitrogens with one attached hydrogen (secondary N) is 1. The lowest BCUT2D eigenvalue weighted by Gasteiger charge is -2.14. The number of benzene rings is 1. The standard InChI is InChI=1S/C11H12F3NO4S2/c1-20-5-4-7(11(16)17)15-21(18,19)8-3-2-6(12)9(13)10(8)14/h2-3,7,15H,4-5H2,1H3,(H,16,17). The maximum absolute atomic E-state index is 13.5. The first-order chi connectivity index (χ1) is 9.70. The predicted molar refractivity (Wildman–Crippen MR) is 71.1 cm³/mol. The van der Waals surface area contributed by atoms with E-state index < -0.39 is 44.4 Å². The van der Waals surface area contributed by atoms with Crippen LogP contribution >= 0.6 is 11.8 Å². The van der Waals surface area contributed by atoms with Crippen LogP contribution in [0.15, 0.2) is 17.0 Å². The van der Waals surface area contributed by atoms with Gasteiger partial charge in [-0.25, -0.2) is 21.6 Å². The van der Waals surface area contributed by atoms with Crippen molar-refractivity contribution in [1.29, 1.82) is 0 Å². The molecule has 1 atom stereocenters. The minimum atomic E-state index is -4.63. The first kappa shape index (κ1) is 17.8. The van der Waals surface area contributed by atoms with Crippen LogP contribution in [-0.4, -0.2) is 37.5 Å². The van der Waals surface area contributed by atoms with Gasteiger partial charge in [0.05, 0.1) is 0 Å². The Morgan fingerprint density at radius 3 is 2.48 bits per heavy atom. The molecule has 1 unspecified atom stereocenters. The highest BCUT2D eigenvalue weighted by Gasteiger charge is 2.29. The average Bonchev–Trinajstić information content (AvgIpc) is 2.40. The van der Waals surface area contributed by atoms with Crippen molar-refractivity contribution in [2.75, 3.05) is 12.0 Å². The van der Waals surface area contributed by atoms with Crippen molar-refractivity contribution in [2.45, 2.75) is 17.4 Å². The number of hydrogen-bond acceptors (Lipinski definition) is 4. The Kier molecular flexibility index (Phi) is 6.05. The Balaban J connectivity index is 3.11. The molecule has 0 saturated carbocycles. The number of carboxylic acid groups (broad SMARTS) is 1. The molecule has 0 spiro atoms. The summed E-state index contributed by atoms with van der Waals surface area (Å²) in [7, 11) is -4.63. The van der Waals surface area contributed by atoms with Crippen LogP contribution in [0, 0.1) is 17.5 Å². The van der Waals surface area contributed by atoms with Crippen LogP contribution in [0.25, 0.3) is 0 Å². The van der Waals surface area contributed by atoms with Crippen molar-refractivity contribution in [3.63, 3.8) is 0 Å². The molecule has 0 aliphatic rings. The third kappa shape index (κ3) is 4.35. The Labute approximate surface area is 123 Å². The summed E-state index contributed by atoms with van der Waals surface area (Å²) in [4.78, 5) is 9.81. The van der Waals surface area contributed by atoms with Gasteiger partial charge < -0.3 is 5.11 Å². The van der Waals surface area contributed by atoms with E-state index in [0.29, 0.717) is 17.9 Å². The van der Waals surface area contributed by atoms with E-state index in [0.717, 1.165) is 0 Å². The SMILES string of the molecule is CSCCC(NS(=O)(=O)c1ccc(F)c(F)c1F)C(=O)O. The molecule has 0 saturated heterocycles. The monoisotopic (exact) mass is 343 g/mol. The first-order valence-corrected chi connectivity index (χ1v) is 8.46. The van der Waals surface area contributed by atoms with Crippen LogP contribution in [-0.2, 0) is 14.8 Å². The predicted octanol–water partition coefficient (Wildman–Crippen LogP) is 1.59. The molecule has 21 heavy (non-hydrogen) atoms. The first-order valence-electron chi connectivity index (χ1n) is 5.58. The fourth-order valence-corrected chi connectivity index (χ4v) is 3.20. The summed E-state index contributed by atoms with van der Waals surface area (Å²) >= 11 is 1.29. The molecular formula is C11H12F3NO4S2. The van der Waals surface area contributed by atoms with Gasteiger partial charge in [0, 0.05) is 0 Å². The van der Waals surface area contributed by atoms with E-state index >= 15 is 0 Å². The van der Waals surface area contributed by atoms with Gasteiger partial charge in [-0.1, -0.05) is 0 Å². The lowest BCUT2D eigenvalue weighted by molar-refractivity contribution is -0.139. The van der Waals surface area contributed by atoms with Gasteiger partial charge in [-0.05, 0) is 30.6 Å². The zero-order valence-corrected chi connectivity index (χ0v) is 12.4. The quantitative estimate of drug-likeness (QED) is 0.735. The Hall–Kier alpha value is -1.26. The molecule has 0 bridgehead atoms. The number of hydrogen-bond donors (Lipinski definition) is 2. The van der Waals surface area contributed by atoms with Gasteiger partial charge in [-0.3, -0.25) is 4.79 Å². The molecule has 1 aromatic rings. The summed E-state index contributed by atoms with van der Waals surface area (Å²) in [5.74, 6) is -6.47. The minimum absolute atomic E-state index is 0.0406. The lowest BCUT2D eigenvalue weighted by Crippen LogP contribution is -2.41. The summed E-state index contributed by atoms with van der Waals surface area (Å²) < 4.78 is 64.8. The molecule has 0 aromatic heterocycles. The molecular weight excluding hydrogens is 331 g/mol. The van der Waals surface area contributed by atoms with E-state index in [9.17, 15) is 26.4 Å². The number of carbonyl (C=O) groups is 1. The van der Waals surface area contributed by atoms with Crippen molar-refractivity contribution >= 4 is 27.8 Å². The van der Waals surface area contributed by atoms with Crippen LogP contribution in [0.5, 0.6) is 0 Å². The second-order valence-electron chi connectivity index (χ2n) is 3.97. The maximum atomic E-state index is 13.5. The van der Waals surface area contributed by atoms with Crippen molar-refractivity contribution in [2.24, 2.45) is 0 Å². The van der Waals surface area contributed by atoms with Crippen molar-refractivity contribution < 1.29 is 31.5 Å². The second kappa shape index (κ2) is 7.14. The summed E-state index contributed by atoms with van der Waals surface area (Å²) in [6, 6.07) is -0.510. The molecule has 118 valence electrons. The molecule has 0 amide bonds. The summed E-state index contributed by atoms with van der Waals surface area (Å²) in [6.07, 6.45) is 1.66. The molecule has 0 heterocycles. The highest BCUT2D eigenvalue weighted by molar-refractivity contribution is 7.98. The number of sulfonamides is 1. The van der Waals surface area contributed by atoms with Gasteiger partial charge in [-0.15, -0.1) is 0 Å². The summed E-state index contributed by atoms with van der Waals surface area (Å²) in [5.41, 5.74) is 0. The highest BCUT2D eigenvalue weighted by atomic mass is 32.2. The minimum Gasteiger partial charge on any atom is -0.480 e. The number of halogens is 3. The third-order valence-electron chi connectivity index (χ3n) is 2.50. The van der Waals surface area contributed by atoms with Gasteiger partial charge in [-0.2, -0.15) is 16.5 Å². The van der Waals surface area contributed by atoms with Crippen LogP contribution in [0.2, 0.25) is 0 Å². The van der Waals surface area contributed by atoms with Crippen molar-refractivity contribution in [3.8, 4) is 0 Å². The fourth-order valence-electron chi connectivity index (χ4n) is 1.44. The van der Waals surface area contributed by atoms with Gasteiger partial charge in [0.15, 0.2) is 17.5 Å². The number of aliphatic carboxylic acids is 1. The van der Waals surface area contributed by atoms with Gasteiger partial charge in [0.1, 0.15) is 10.9 Å². The van der Waals surface area contributed by atoms with Crippen molar-refractivity contribution in [3.05, 3.63) is 29.6 Å². The van der Waals surface area contributed by atoms with E-state index in [1.54, 1.807) is 11.0 Å². The molecule has 2 N–H and O–H groups in total. The molecule has 1 aromatic carbocycles. The molecule has 1 rings (SSSR count). The average molecular weight is 343 g/mol. The number of carboxylic acids is 1. The Morgan fingerprint density at radius 2 is 1.95 bits per heavy atom. The Morgan fingerprint density at radius 1 is 1.33 bits per heavy atom. The van der Waals surface area contributed by atoms with Gasteiger partial charge >= 0.3 is 5.97 Å². The normalized spacial score (nSPS) is 13.1. The summed E-state index contributed by atoms with van der Waals surface area (Å²) in [6.45, 7) is 0. The molecule has 5 nitrogen and oxygen atoms in total. The largest absolute Gasteiger partial charge is 0.480 e. The fraction of sp³-hybridized carbons (Fsp3) is 0.364. The molecule has 10 heteroatoms. The smallest absolute Gasteiger partial charge is 0.321 e. The van der Waals surface area contributed by atoms with E-state index in [1.165, 1.54) is 11.8 Å². The molecule has 0 radical (unpaired) electrons. The lowest BCUT2D eigenvalue weighted by atomic mass is 10.2. The van der Waals surface area contributed by atoms with E-state index in [4.69, 9.17) is 5.11 Å². The highest BCUT2D eigenvalue weighted by Crippen LogP contribution is 2.20. The maximum Gasteiger partial charge on any atom is 0.321 e. The van der Waals surface area contributed by atoms with E-state index in [1.807, 2.05) is 0 Å². The molecule has 0 aliphatic carbocycles. The van der Waals surface area contributed by atoms with Crippen LogP contribution in [0.3, 0.4) is 0 Å². The van der Waals surface area contributed by atoms with E-state index in [-0.39, 0.29) is 6.42 Å². The van der Waals surface area contributed by atoms with Gasteiger partial charge in [0.2, 0.25) is 10.0 Å². The van der Waals surface area contributed by atoms with Crippen LogP contribution < -0.4 is 4.72 Å². The van der Waals surface area contributed by atoms with E-state index in [2.05, 4.69) is 0 Å². The molecule has 0 fully saturated rings. The Bertz CT molecular complexity index is 637. The topological polar surface area (TPSA) is 83.5 Å². The van der Waals surface area contributed by atoms with Crippen LogP contribution in [0.4, 0.5) is 13.2 Å². The third-order valence-corrected chi connectivity index (χ3v) is 4.63. The van der Waals surface area contributed by atoms with Crippen LogP contribution in [0.1, 0.15) is 6.42 Å². The number of thioether (sulfide) groups is 1. The second-order valence-corrected chi connectivity index (χ2v) is 6.64. The summed E-state index contributed by atoms with van der Waals surface area (Å²) in [5, 5.41) is 8.91. The zero-order chi connectivity index (χ0) is 16.2. The molecule has 0 aliphatic heterocycles. The van der Waals surface area contributed by atoms with Gasteiger partial charge in [0.25, 0.3) is 0 Å². The van der Waals surface area contributed by atoms with Crippen molar-refractivity contribution in [1.82, 2.24) is 4.72 Å². The zero-order valence-electron chi connectivity index (χ0n) is 10.8. The number of rotatable bonds is 7.